The van der Waals surface area contributed by atoms with Crippen LogP contribution in [0.4, 0.5) is 11.4 Å². The molecule has 0 bridgehead atoms. The zero-order valence-electron chi connectivity index (χ0n) is 19.0. The molecule has 0 aliphatic carbocycles. The number of para-hydroxylation sites is 1. The summed E-state index contributed by atoms with van der Waals surface area (Å²) in [6.07, 6.45) is 1.47. The predicted molar refractivity (Wildman–Crippen MR) is 129 cm³/mol. The van der Waals surface area contributed by atoms with Crippen molar-refractivity contribution < 1.29 is 19.2 Å². The summed E-state index contributed by atoms with van der Waals surface area (Å²) < 4.78 is 5.32. The molecule has 0 radical (unpaired) electrons. The largest absolute Gasteiger partial charge is 0.423 e. The van der Waals surface area contributed by atoms with Crippen molar-refractivity contribution in [2.75, 3.05) is 11.9 Å². The van der Waals surface area contributed by atoms with Crippen molar-refractivity contribution in [3.8, 4) is 5.75 Å². The van der Waals surface area contributed by atoms with Gasteiger partial charge in [-0.2, -0.15) is 5.10 Å². The molecule has 3 aromatic rings. The second-order valence-corrected chi connectivity index (χ2v) is 7.63. The molecule has 174 valence electrons. The van der Waals surface area contributed by atoms with Gasteiger partial charge in [-0.3, -0.25) is 14.9 Å². The van der Waals surface area contributed by atoms with Crippen molar-refractivity contribution in [1.29, 1.82) is 0 Å². The van der Waals surface area contributed by atoms with Crippen LogP contribution in [0.2, 0.25) is 0 Å². The van der Waals surface area contributed by atoms with Gasteiger partial charge in [-0.25, -0.2) is 10.2 Å². The topological polar surface area (TPSA) is 123 Å². The monoisotopic (exact) mass is 460 g/mol. The smallest absolute Gasteiger partial charge is 0.343 e. The Morgan fingerprint density at radius 1 is 1.00 bits per heavy atom. The number of aryl methyl sites for hydroxylation is 3. The number of rotatable bonds is 8. The van der Waals surface area contributed by atoms with Crippen molar-refractivity contribution in [3.63, 3.8) is 0 Å². The van der Waals surface area contributed by atoms with Crippen LogP contribution >= 0.6 is 0 Å². The molecule has 0 unspecified atom stereocenters. The van der Waals surface area contributed by atoms with E-state index in [0.717, 1.165) is 16.8 Å². The summed E-state index contributed by atoms with van der Waals surface area (Å²) in [5.41, 5.74) is 6.71. The average Bonchev–Trinajstić information content (AvgIpc) is 2.79. The number of benzene rings is 3. The average molecular weight is 460 g/mol. The molecule has 0 aliphatic rings. The van der Waals surface area contributed by atoms with Gasteiger partial charge in [0.2, 0.25) is 0 Å². The van der Waals surface area contributed by atoms with Crippen LogP contribution in [0, 0.1) is 30.9 Å². The van der Waals surface area contributed by atoms with Crippen molar-refractivity contribution in [3.05, 3.63) is 98.6 Å². The summed E-state index contributed by atoms with van der Waals surface area (Å²) in [6, 6.07) is 16.5. The van der Waals surface area contributed by atoms with Gasteiger partial charge in [0, 0.05) is 17.3 Å². The van der Waals surface area contributed by atoms with E-state index < -0.39 is 10.9 Å². The van der Waals surface area contributed by atoms with Crippen molar-refractivity contribution in [2.45, 2.75) is 20.8 Å². The third kappa shape index (κ3) is 6.26. The Labute approximate surface area is 196 Å². The van der Waals surface area contributed by atoms with Crippen LogP contribution in [-0.4, -0.2) is 29.6 Å². The summed E-state index contributed by atoms with van der Waals surface area (Å²) in [6.45, 7) is 5.58. The first-order valence-electron chi connectivity index (χ1n) is 10.4. The van der Waals surface area contributed by atoms with E-state index in [2.05, 4.69) is 15.8 Å². The van der Waals surface area contributed by atoms with Crippen LogP contribution in [0.5, 0.6) is 5.75 Å². The van der Waals surface area contributed by atoms with Crippen LogP contribution in [0.1, 0.15) is 32.6 Å². The predicted octanol–water partition coefficient (Wildman–Crippen LogP) is 4.30. The second-order valence-electron chi connectivity index (χ2n) is 7.63. The fourth-order valence-corrected chi connectivity index (χ4v) is 3.26. The number of nitrogens with one attached hydrogen (secondary N) is 2. The number of carbonyl (C=O) groups is 2. The third-order valence-corrected chi connectivity index (χ3v) is 5.03. The maximum Gasteiger partial charge on any atom is 0.343 e. The van der Waals surface area contributed by atoms with Crippen LogP contribution in [0.15, 0.2) is 65.8 Å². The fraction of sp³-hybridized carbons (Fsp3) is 0.160. The minimum absolute atomic E-state index is 0.0617. The van der Waals surface area contributed by atoms with Crippen LogP contribution in [-0.2, 0) is 4.79 Å². The lowest BCUT2D eigenvalue weighted by atomic mass is 10.1. The van der Waals surface area contributed by atoms with E-state index in [1.807, 2.05) is 32.0 Å². The van der Waals surface area contributed by atoms with Gasteiger partial charge < -0.3 is 10.1 Å². The first-order valence-corrected chi connectivity index (χ1v) is 10.4. The quantitative estimate of drug-likeness (QED) is 0.170. The molecule has 3 aromatic carbocycles. The highest BCUT2D eigenvalue weighted by Gasteiger charge is 2.15. The maximum absolute atomic E-state index is 12.3. The van der Waals surface area contributed by atoms with Crippen LogP contribution < -0.4 is 15.5 Å². The van der Waals surface area contributed by atoms with E-state index in [1.54, 1.807) is 31.2 Å². The van der Waals surface area contributed by atoms with Gasteiger partial charge in [0.15, 0.2) is 0 Å². The zero-order chi connectivity index (χ0) is 24.7. The first kappa shape index (κ1) is 24.1. The number of carbonyl (C=O) groups excluding carboxylic acids is 2. The molecular weight excluding hydrogens is 436 g/mol. The van der Waals surface area contributed by atoms with E-state index in [-0.39, 0.29) is 23.7 Å². The van der Waals surface area contributed by atoms with Crippen molar-refractivity contribution in [2.24, 2.45) is 5.10 Å². The van der Waals surface area contributed by atoms with Gasteiger partial charge in [0.05, 0.1) is 23.2 Å². The number of anilines is 1. The van der Waals surface area contributed by atoms with E-state index in [9.17, 15) is 19.7 Å². The first-order chi connectivity index (χ1) is 16.2. The highest BCUT2D eigenvalue weighted by atomic mass is 16.6. The Kier molecular flexibility index (Phi) is 7.71. The lowest BCUT2D eigenvalue weighted by Crippen LogP contribution is -2.26. The number of hydrogen-bond donors (Lipinski definition) is 2. The third-order valence-electron chi connectivity index (χ3n) is 5.03. The van der Waals surface area contributed by atoms with Gasteiger partial charge in [-0.15, -0.1) is 0 Å². The SMILES string of the molecule is Cc1cc(C(=O)Oc2ccc(C=NNC(=O)CNc3c(C)cccc3C)cc2)ccc1[N+](=O)[O-]. The van der Waals surface area contributed by atoms with Gasteiger partial charge in [-0.1, -0.05) is 18.2 Å². The lowest BCUT2D eigenvalue weighted by molar-refractivity contribution is -0.385. The number of esters is 1. The molecule has 0 saturated carbocycles. The van der Waals surface area contributed by atoms with E-state index in [0.29, 0.717) is 16.9 Å². The molecule has 0 fully saturated rings. The summed E-state index contributed by atoms with van der Waals surface area (Å²) in [5.74, 6) is -0.606. The number of nitro benzene ring substituents is 1. The van der Waals surface area contributed by atoms with E-state index >= 15 is 0 Å². The van der Waals surface area contributed by atoms with Gasteiger partial charge in [0.1, 0.15) is 5.75 Å². The number of ether oxygens (including phenoxy) is 1. The number of hydrogen-bond acceptors (Lipinski definition) is 7. The molecule has 9 heteroatoms. The van der Waals surface area contributed by atoms with Gasteiger partial charge in [0.25, 0.3) is 11.6 Å². The number of hydrazone groups is 1. The zero-order valence-corrected chi connectivity index (χ0v) is 19.0. The molecule has 0 aliphatic heterocycles. The maximum atomic E-state index is 12.3. The number of amides is 1. The molecule has 0 atom stereocenters. The standard InChI is InChI=1S/C25H24N4O5/c1-16-5-4-6-17(2)24(16)26-15-23(30)28-27-14-19-7-10-21(11-8-19)34-25(31)20-9-12-22(29(32)33)18(3)13-20/h4-14,26H,15H2,1-3H3,(H,28,30). The Morgan fingerprint density at radius 2 is 1.68 bits per heavy atom. The van der Waals surface area contributed by atoms with Gasteiger partial charge in [-0.05, 0) is 73.9 Å². The van der Waals surface area contributed by atoms with E-state index in [1.165, 1.54) is 24.4 Å². The minimum Gasteiger partial charge on any atom is -0.423 e. The summed E-state index contributed by atoms with van der Waals surface area (Å²) >= 11 is 0. The summed E-state index contributed by atoms with van der Waals surface area (Å²) in [5, 5.41) is 18.0. The molecule has 2 N–H and O–H groups in total. The molecular formula is C25H24N4O5. The number of nitrogens with zero attached hydrogens (tertiary/aromatic N) is 2. The Hall–Kier alpha value is -4.53. The van der Waals surface area contributed by atoms with Gasteiger partial charge >= 0.3 is 5.97 Å². The molecule has 9 nitrogen and oxygen atoms in total. The van der Waals surface area contributed by atoms with E-state index in [4.69, 9.17) is 4.74 Å². The molecule has 0 spiro atoms. The summed E-state index contributed by atoms with van der Waals surface area (Å²) in [4.78, 5) is 34.8. The Bertz CT molecular complexity index is 1230. The minimum atomic E-state index is -0.622. The van der Waals surface area contributed by atoms with Crippen molar-refractivity contribution >= 4 is 29.5 Å². The highest BCUT2D eigenvalue weighted by Crippen LogP contribution is 2.21. The van der Waals surface area contributed by atoms with Crippen molar-refractivity contribution in [1.82, 2.24) is 5.43 Å². The molecule has 34 heavy (non-hydrogen) atoms. The number of nitro groups is 1. The van der Waals surface area contributed by atoms with Crippen LogP contribution in [0.25, 0.3) is 0 Å². The highest BCUT2D eigenvalue weighted by molar-refractivity contribution is 5.92. The Balaban J connectivity index is 1.51. The Morgan fingerprint density at radius 3 is 2.29 bits per heavy atom. The van der Waals surface area contributed by atoms with Crippen LogP contribution in [0.3, 0.4) is 0 Å². The fourth-order valence-electron chi connectivity index (χ4n) is 3.26. The lowest BCUT2D eigenvalue weighted by Gasteiger charge is -2.11. The molecule has 0 aromatic heterocycles. The molecule has 3 rings (SSSR count). The molecule has 0 heterocycles. The summed E-state index contributed by atoms with van der Waals surface area (Å²) in [7, 11) is 0. The second kappa shape index (κ2) is 10.9. The molecule has 1 amide bonds. The normalized spacial score (nSPS) is 10.7. The molecule has 0 saturated heterocycles.